The zero-order valence-electron chi connectivity index (χ0n) is 32.2. The molecule has 12 heteroatoms. The van der Waals surface area contributed by atoms with Crippen molar-refractivity contribution >= 4 is 25.5 Å². The lowest BCUT2D eigenvalue weighted by molar-refractivity contribution is -0.161. The Morgan fingerprint density at radius 3 is 1.96 bits per heavy atom. The van der Waals surface area contributed by atoms with Crippen molar-refractivity contribution in [2.75, 3.05) is 26.4 Å². The number of hydrogen-bond donors (Lipinski definition) is 3. The maximum absolute atomic E-state index is 12.5. The van der Waals surface area contributed by atoms with Gasteiger partial charge in [0, 0.05) is 19.3 Å². The van der Waals surface area contributed by atoms with Crippen LogP contribution in [0.2, 0.25) is 0 Å². The quantitative estimate of drug-likeness (QED) is 0.0141. The van der Waals surface area contributed by atoms with Gasteiger partial charge in [-0.15, -0.1) is 0 Å². The number of allylic oxidation sites excluding steroid dienone is 8. The number of unbranched alkanes of at least 4 members (excludes halogenated alkanes) is 10. The average Bonchev–Trinajstić information content (AvgIpc) is 3.11. The Labute approximate surface area is 313 Å². The number of ether oxygens (including phenoxy) is 2. The van der Waals surface area contributed by atoms with Crippen molar-refractivity contribution in [3.63, 3.8) is 0 Å². The standard InChI is InChI=1S/C40H69O11P/c1-4-5-21-27-36(42)28-23-18-14-9-7-6-8-10-15-19-24-29-39(44)48-33-38(34-50-52(46,47)49-32-37(43)31-41)51-40(45)30-25-20-16-12-11-13-17-22-26-35(2)3/h6-7,10,14-15,18,23,28,35,37-38,41,43H,4-5,8-9,11-13,16-17,19-22,24-27,29-34H2,1-3H3,(H,46,47)/b7-6-,15-10-,18-14-,28-23+/t37-,38+/m0/s1. The van der Waals surface area contributed by atoms with Gasteiger partial charge in [0.2, 0.25) is 0 Å². The van der Waals surface area contributed by atoms with E-state index in [1.165, 1.54) is 32.1 Å². The van der Waals surface area contributed by atoms with Crippen molar-refractivity contribution in [1.29, 1.82) is 0 Å². The minimum Gasteiger partial charge on any atom is -0.462 e. The molecule has 0 heterocycles. The van der Waals surface area contributed by atoms with E-state index in [0.29, 0.717) is 25.7 Å². The van der Waals surface area contributed by atoms with Gasteiger partial charge < -0.3 is 24.6 Å². The molecule has 0 rings (SSSR count). The van der Waals surface area contributed by atoms with E-state index in [2.05, 4.69) is 25.3 Å². The zero-order valence-corrected chi connectivity index (χ0v) is 33.1. The first kappa shape index (κ1) is 49.6. The van der Waals surface area contributed by atoms with E-state index in [1.54, 1.807) is 12.2 Å². The van der Waals surface area contributed by atoms with E-state index in [1.807, 2.05) is 36.5 Å². The Morgan fingerprint density at radius 1 is 0.692 bits per heavy atom. The number of esters is 2. The number of aliphatic hydroxyl groups is 2. The van der Waals surface area contributed by atoms with Crippen molar-refractivity contribution in [2.24, 2.45) is 5.92 Å². The SMILES string of the molecule is CCCCCC(=O)/C=C/C=C\C/C=C\C/C=C\CCCC(=O)OC[C@H](COP(=O)(O)OC[C@@H](O)CO)OC(=O)CCCCCCCCCCC(C)C. The second-order valence-electron chi connectivity index (χ2n) is 13.5. The molecule has 0 fully saturated rings. The molecule has 0 saturated heterocycles. The van der Waals surface area contributed by atoms with Gasteiger partial charge in [0.1, 0.15) is 12.7 Å². The number of carbonyl (C=O) groups excluding carboxylic acids is 3. The summed E-state index contributed by atoms with van der Waals surface area (Å²) >= 11 is 0. The van der Waals surface area contributed by atoms with Crippen LogP contribution in [0.4, 0.5) is 0 Å². The predicted molar refractivity (Wildman–Crippen MR) is 205 cm³/mol. The molecule has 0 saturated carbocycles. The molecule has 0 aliphatic heterocycles. The van der Waals surface area contributed by atoms with Gasteiger partial charge in [-0.05, 0) is 50.5 Å². The number of hydrogen-bond acceptors (Lipinski definition) is 10. The summed E-state index contributed by atoms with van der Waals surface area (Å²) in [6.07, 6.45) is 29.5. The highest BCUT2D eigenvalue weighted by Crippen LogP contribution is 2.43. The van der Waals surface area contributed by atoms with Crippen LogP contribution in [0.3, 0.4) is 0 Å². The van der Waals surface area contributed by atoms with Gasteiger partial charge in [-0.1, -0.05) is 128 Å². The van der Waals surface area contributed by atoms with Crippen LogP contribution in [-0.2, 0) is 37.5 Å². The molecule has 11 nitrogen and oxygen atoms in total. The molecule has 0 aliphatic rings. The molecule has 3 N–H and O–H groups in total. The van der Waals surface area contributed by atoms with Crippen LogP contribution in [0.1, 0.15) is 143 Å². The minimum absolute atomic E-state index is 0.138. The van der Waals surface area contributed by atoms with Gasteiger partial charge in [0.25, 0.3) is 0 Å². The summed E-state index contributed by atoms with van der Waals surface area (Å²) in [5, 5.41) is 18.3. The lowest BCUT2D eigenvalue weighted by atomic mass is 10.0. The van der Waals surface area contributed by atoms with Crippen LogP contribution in [-0.4, -0.2) is 71.5 Å². The maximum atomic E-state index is 12.5. The number of carbonyl (C=O) groups is 3. The van der Waals surface area contributed by atoms with Crippen LogP contribution in [0.15, 0.2) is 48.6 Å². The highest BCUT2D eigenvalue weighted by Gasteiger charge is 2.27. The minimum atomic E-state index is -4.64. The molecule has 0 aromatic rings. The Morgan fingerprint density at radius 2 is 1.29 bits per heavy atom. The van der Waals surface area contributed by atoms with E-state index in [-0.39, 0.29) is 25.2 Å². The summed E-state index contributed by atoms with van der Waals surface area (Å²) in [6, 6.07) is 0. The summed E-state index contributed by atoms with van der Waals surface area (Å²) in [6.45, 7) is 4.37. The fourth-order valence-electron chi connectivity index (χ4n) is 4.83. The normalized spacial score (nSPS) is 14.5. The smallest absolute Gasteiger partial charge is 0.462 e. The third kappa shape index (κ3) is 34.7. The lowest BCUT2D eigenvalue weighted by Crippen LogP contribution is -2.29. The molecule has 0 spiro atoms. The van der Waals surface area contributed by atoms with Gasteiger partial charge in [0.05, 0.1) is 19.8 Å². The molecule has 0 amide bonds. The third-order valence-electron chi connectivity index (χ3n) is 7.89. The lowest BCUT2D eigenvalue weighted by Gasteiger charge is -2.20. The Hall–Kier alpha value is -2.40. The molecule has 0 bridgehead atoms. The van der Waals surface area contributed by atoms with Gasteiger partial charge in [-0.2, -0.15) is 0 Å². The van der Waals surface area contributed by atoms with Crippen LogP contribution in [0.25, 0.3) is 0 Å². The molecule has 0 aromatic carbocycles. The van der Waals surface area contributed by atoms with Crippen LogP contribution in [0, 0.1) is 5.92 Å². The molecule has 0 aromatic heterocycles. The summed E-state index contributed by atoms with van der Waals surface area (Å²) in [5.74, 6) is -0.126. The monoisotopic (exact) mass is 756 g/mol. The zero-order chi connectivity index (χ0) is 38.7. The molecule has 3 atom stereocenters. The first-order chi connectivity index (χ1) is 25.0. The van der Waals surface area contributed by atoms with Gasteiger partial charge >= 0.3 is 19.8 Å². The number of phosphoric acid groups is 1. The first-order valence-electron chi connectivity index (χ1n) is 19.4. The van der Waals surface area contributed by atoms with Crippen molar-refractivity contribution in [3.05, 3.63) is 48.6 Å². The van der Waals surface area contributed by atoms with Crippen molar-refractivity contribution in [1.82, 2.24) is 0 Å². The summed E-state index contributed by atoms with van der Waals surface area (Å²) in [7, 11) is -4.64. The van der Waals surface area contributed by atoms with Gasteiger partial charge in [0.15, 0.2) is 11.9 Å². The highest BCUT2D eigenvalue weighted by molar-refractivity contribution is 7.47. The summed E-state index contributed by atoms with van der Waals surface area (Å²) in [5.41, 5.74) is 0. The van der Waals surface area contributed by atoms with Crippen LogP contribution >= 0.6 is 7.82 Å². The van der Waals surface area contributed by atoms with Crippen LogP contribution in [0.5, 0.6) is 0 Å². The number of phosphoric ester groups is 1. The Balaban J connectivity index is 4.49. The van der Waals surface area contributed by atoms with Gasteiger partial charge in [-0.25, -0.2) is 4.57 Å². The second kappa shape index (κ2) is 34.4. The topological polar surface area (TPSA) is 166 Å². The molecular weight excluding hydrogens is 687 g/mol. The largest absolute Gasteiger partial charge is 0.472 e. The number of rotatable bonds is 35. The first-order valence-corrected chi connectivity index (χ1v) is 20.9. The van der Waals surface area contributed by atoms with E-state index in [9.17, 15) is 28.9 Å². The Bertz CT molecular complexity index is 1080. The Kier molecular flexibility index (Phi) is 32.8. The molecule has 52 heavy (non-hydrogen) atoms. The van der Waals surface area contributed by atoms with E-state index in [4.69, 9.17) is 19.1 Å². The van der Waals surface area contributed by atoms with E-state index >= 15 is 0 Å². The maximum Gasteiger partial charge on any atom is 0.472 e. The van der Waals surface area contributed by atoms with Crippen molar-refractivity contribution in [3.8, 4) is 0 Å². The predicted octanol–water partition coefficient (Wildman–Crippen LogP) is 8.81. The molecule has 1 unspecified atom stereocenters. The molecular formula is C40H69O11P. The number of ketones is 1. The van der Waals surface area contributed by atoms with Crippen LogP contribution < -0.4 is 0 Å². The summed E-state index contributed by atoms with van der Waals surface area (Å²) < 4.78 is 32.5. The number of aliphatic hydroxyl groups excluding tert-OH is 2. The molecule has 0 aliphatic carbocycles. The fourth-order valence-corrected chi connectivity index (χ4v) is 5.62. The van der Waals surface area contributed by atoms with E-state index < -0.39 is 51.8 Å². The highest BCUT2D eigenvalue weighted by atomic mass is 31.2. The van der Waals surface area contributed by atoms with Crippen molar-refractivity contribution in [2.45, 2.75) is 155 Å². The average molecular weight is 757 g/mol. The second-order valence-corrected chi connectivity index (χ2v) is 14.9. The van der Waals surface area contributed by atoms with Gasteiger partial charge in [-0.3, -0.25) is 23.4 Å². The summed E-state index contributed by atoms with van der Waals surface area (Å²) in [4.78, 5) is 46.5. The molecule has 300 valence electrons. The molecule has 0 radical (unpaired) electrons. The van der Waals surface area contributed by atoms with Crippen molar-refractivity contribution < 1.29 is 52.6 Å². The van der Waals surface area contributed by atoms with E-state index in [0.717, 1.165) is 57.3 Å². The fraction of sp³-hybridized carbons (Fsp3) is 0.725. The third-order valence-corrected chi connectivity index (χ3v) is 8.84.